The predicted octanol–water partition coefficient (Wildman–Crippen LogP) is 13.6. The topological polar surface area (TPSA) is 29.5 Å². The molecule has 0 aliphatic carbocycles. The van der Waals surface area contributed by atoms with Crippen LogP contribution in [0, 0.1) is 0 Å². The van der Waals surface area contributed by atoms with E-state index in [9.17, 15) is 4.79 Å². The fourth-order valence-corrected chi connectivity index (χ4v) is 5.42. The number of hydrogen-bond acceptors (Lipinski definition) is 3. The summed E-state index contributed by atoms with van der Waals surface area (Å²) in [5.74, 6) is 0.0120. The number of ether oxygens (including phenoxy) is 1. The average Bonchev–Trinajstić information content (AvgIpc) is 3.06. The van der Waals surface area contributed by atoms with E-state index in [1.807, 2.05) is 0 Å². The molecule has 0 radical (unpaired) electrons. The van der Waals surface area contributed by atoms with Gasteiger partial charge < -0.3 is 9.64 Å². The van der Waals surface area contributed by atoms with Gasteiger partial charge >= 0.3 is 5.97 Å². The number of unbranched alkanes of at least 4 members (excludes halogenated alkanes) is 13. The normalized spacial score (nSPS) is 13.3. The van der Waals surface area contributed by atoms with E-state index >= 15 is 0 Å². The summed E-state index contributed by atoms with van der Waals surface area (Å²) in [6.07, 6.45) is 56.1. The van der Waals surface area contributed by atoms with Crippen LogP contribution >= 0.6 is 0 Å². The molecule has 0 saturated heterocycles. The van der Waals surface area contributed by atoms with E-state index in [1.54, 1.807) is 0 Å². The second-order valence-electron chi connectivity index (χ2n) is 13.4. The largest absolute Gasteiger partial charge is 0.462 e. The van der Waals surface area contributed by atoms with Gasteiger partial charge in [0.1, 0.15) is 6.10 Å². The molecule has 0 saturated carbocycles. The number of rotatable bonds is 34. The Morgan fingerprint density at radius 2 is 0.872 bits per heavy atom. The Labute approximate surface area is 293 Å². The maximum Gasteiger partial charge on any atom is 0.306 e. The SMILES string of the molecule is CCCC=CCC=CCC=CCCCCCCCC(CCCCCCCC=CCC=CCC=CCCC)OC(=O)CCCCN(C)C. The first kappa shape index (κ1) is 44.9. The molecule has 0 aromatic heterocycles. The minimum atomic E-state index is 0.0120. The Kier molecular flexibility index (Phi) is 36.6. The Bertz CT molecular complexity index is 778. The van der Waals surface area contributed by atoms with Crippen LogP contribution in [0.4, 0.5) is 0 Å². The fourth-order valence-electron chi connectivity index (χ4n) is 5.42. The molecule has 0 atom stereocenters. The van der Waals surface area contributed by atoms with Gasteiger partial charge in [-0.25, -0.2) is 0 Å². The highest BCUT2D eigenvalue weighted by molar-refractivity contribution is 5.69. The number of carbonyl (C=O) groups is 1. The van der Waals surface area contributed by atoms with Crippen molar-refractivity contribution in [3.63, 3.8) is 0 Å². The van der Waals surface area contributed by atoms with Gasteiger partial charge in [0.15, 0.2) is 0 Å². The van der Waals surface area contributed by atoms with Gasteiger partial charge in [0, 0.05) is 6.42 Å². The quantitative estimate of drug-likeness (QED) is 0.0394. The van der Waals surface area contributed by atoms with Gasteiger partial charge in [-0.05, 0) is 123 Å². The van der Waals surface area contributed by atoms with Crippen molar-refractivity contribution in [2.24, 2.45) is 0 Å². The lowest BCUT2D eigenvalue weighted by molar-refractivity contribution is -0.150. The molecule has 0 aliphatic heterocycles. The minimum Gasteiger partial charge on any atom is -0.462 e. The zero-order chi connectivity index (χ0) is 34.3. The summed E-state index contributed by atoms with van der Waals surface area (Å²) in [4.78, 5) is 14.8. The summed E-state index contributed by atoms with van der Waals surface area (Å²) in [7, 11) is 4.17. The summed E-state index contributed by atoms with van der Waals surface area (Å²) < 4.78 is 6.02. The van der Waals surface area contributed by atoms with E-state index in [0.717, 1.165) is 57.9 Å². The molecule has 0 aromatic carbocycles. The Hall–Kier alpha value is -2.13. The monoisotopic (exact) mass is 652 g/mol. The van der Waals surface area contributed by atoms with Crippen molar-refractivity contribution < 1.29 is 9.53 Å². The van der Waals surface area contributed by atoms with Crippen molar-refractivity contribution in [1.29, 1.82) is 0 Å². The third kappa shape index (κ3) is 38.2. The Morgan fingerprint density at radius 3 is 1.30 bits per heavy atom. The van der Waals surface area contributed by atoms with E-state index in [4.69, 9.17) is 4.74 Å². The lowest BCUT2D eigenvalue weighted by atomic mass is 10.0. The molecule has 0 N–H and O–H groups in total. The maximum atomic E-state index is 12.6. The van der Waals surface area contributed by atoms with Gasteiger partial charge in [0.2, 0.25) is 0 Å². The van der Waals surface area contributed by atoms with Crippen molar-refractivity contribution in [1.82, 2.24) is 4.90 Å². The van der Waals surface area contributed by atoms with Crippen LogP contribution in [0.25, 0.3) is 0 Å². The van der Waals surface area contributed by atoms with E-state index < -0.39 is 0 Å². The first-order valence-electron chi connectivity index (χ1n) is 19.8. The summed E-state index contributed by atoms with van der Waals surface area (Å²) >= 11 is 0. The van der Waals surface area contributed by atoms with Crippen LogP contribution in [0.1, 0.15) is 174 Å². The lowest BCUT2D eigenvalue weighted by Gasteiger charge is -2.18. The molecular formula is C44H77NO2. The molecule has 0 aromatic rings. The van der Waals surface area contributed by atoms with Crippen molar-refractivity contribution in [3.05, 3.63) is 72.9 Å². The van der Waals surface area contributed by atoms with Crippen molar-refractivity contribution in [3.8, 4) is 0 Å². The van der Waals surface area contributed by atoms with E-state index in [2.05, 4.69) is 106 Å². The molecule has 0 fully saturated rings. The van der Waals surface area contributed by atoms with E-state index in [0.29, 0.717) is 6.42 Å². The lowest BCUT2D eigenvalue weighted by Crippen LogP contribution is -2.19. The molecular weight excluding hydrogens is 574 g/mol. The standard InChI is InChI=1S/C44H77NO2/c1-5-7-9-11-13-15-17-19-21-23-25-27-29-31-33-35-39-43(47-44(46)41-37-38-42-45(3)4)40-36-34-32-30-28-26-24-22-20-18-16-14-12-10-8-6-2/h9-12,15-18,21-24,43H,5-8,13-14,19-20,25-42H2,1-4H3. The van der Waals surface area contributed by atoms with Crippen LogP contribution in [0.15, 0.2) is 72.9 Å². The first-order chi connectivity index (χ1) is 23.1. The minimum absolute atomic E-state index is 0.0120. The summed E-state index contributed by atoms with van der Waals surface area (Å²) in [5.41, 5.74) is 0. The average molecular weight is 652 g/mol. The van der Waals surface area contributed by atoms with Crippen LogP contribution in [0.2, 0.25) is 0 Å². The molecule has 47 heavy (non-hydrogen) atoms. The summed E-state index contributed by atoms with van der Waals surface area (Å²) in [6.45, 7) is 5.47. The highest BCUT2D eigenvalue weighted by Crippen LogP contribution is 2.18. The third-order valence-electron chi connectivity index (χ3n) is 8.33. The van der Waals surface area contributed by atoms with Gasteiger partial charge in [-0.2, -0.15) is 0 Å². The van der Waals surface area contributed by atoms with Gasteiger partial charge in [0.05, 0.1) is 0 Å². The van der Waals surface area contributed by atoms with Crippen molar-refractivity contribution in [2.75, 3.05) is 20.6 Å². The van der Waals surface area contributed by atoms with Crippen molar-refractivity contribution >= 4 is 5.97 Å². The maximum absolute atomic E-state index is 12.6. The van der Waals surface area contributed by atoms with E-state index in [-0.39, 0.29) is 12.1 Å². The zero-order valence-corrected chi connectivity index (χ0v) is 31.7. The Morgan fingerprint density at radius 1 is 0.489 bits per heavy atom. The van der Waals surface area contributed by atoms with Gasteiger partial charge in [-0.1, -0.05) is 138 Å². The molecule has 270 valence electrons. The third-order valence-corrected chi connectivity index (χ3v) is 8.33. The summed E-state index contributed by atoms with van der Waals surface area (Å²) in [5, 5.41) is 0. The zero-order valence-electron chi connectivity index (χ0n) is 31.7. The van der Waals surface area contributed by atoms with Crippen LogP contribution < -0.4 is 0 Å². The highest BCUT2D eigenvalue weighted by atomic mass is 16.5. The number of hydrogen-bond donors (Lipinski definition) is 0. The molecule has 0 unspecified atom stereocenters. The van der Waals surface area contributed by atoms with E-state index in [1.165, 1.54) is 103 Å². The first-order valence-corrected chi connectivity index (χ1v) is 19.8. The second kappa shape index (κ2) is 38.3. The van der Waals surface area contributed by atoms with Gasteiger partial charge in [-0.3, -0.25) is 4.79 Å². The number of nitrogens with zero attached hydrogens (tertiary/aromatic N) is 1. The van der Waals surface area contributed by atoms with Gasteiger partial charge in [-0.15, -0.1) is 0 Å². The molecule has 0 bridgehead atoms. The summed E-state index contributed by atoms with van der Waals surface area (Å²) in [6, 6.07) is 0. The molecule has 0 heterocycles. The molecule has 0 aliphatic rings. The molecule has 0 spiro atoms. The second-order valence-corrected chi connectivity index (χ2v) is 13.4. The predicted molar refractivity (Wildman–Crippen MR) is 210 cm³/mol. The molecule has 0 rings (SSSR count). The molecule has 3 heteroatoms. The number of esters is 1. The number of carbonyl (C=O) groups excluding carboxylic acids is 1. The number of allylic oxidation sites excluding steroid dienone is 12. The van der Waals surface area contributed by atoms with Gasteiger partial charge in [0.25, 0.3) is 0 Å². The smallest absolute Gasteiger partial charge is 0.306 e. The van der Waals surface area contributed by atoms with Crippen LogP contribution in [0.5, 0.6) is 0 Å². The van der Waals surface area contributed by atoms with Crippen LogP contribution in [-0.4, -0.2) is 37.6 Å². The van der Waals surface area contributed by atoms with Crippen LogP contribution in [-0.2, 0) is 9.53 Å². The highest BCUT2D eigenvalue weighted by Gasteiger charge is 2.14. The Balaban J connectivity index is 4.13. The van der Waals surface area contributed by atoms with Crippen LogP contribution in [0.3, 0.4) is 0 Å². The molecule has 0 amide bonds. The fraction of sp³-hybridized carbons (Fsp3) is 0.705. The molecule has 3 nitrogen and oxygen atoms in total. The van der Waals surface area contributed by atoms with Crippen molar-refractivity contribution in [2.45, 2.75) is 180 Å².